The van der Waals surface area contributed by atoms with E-state index in [4.69, 9.17) is 0 Å². The normalized spacial score (nSPS) is 21.9. The molecule has 0 radical (unpaired) electrons. The van der Waals surface area contributed by atoms with Gasteiger partial charge in [-0.25, -0.2) is 0 Å². The maximum atomic E-state index is 12.5. The minimum Gasteiger partial charge on any atom is -0.299 e. The number of ketones is 5. The lowest BCUT2D eigenvalue weighted by Gasteiger charge is -2.33. The second-order valence-electron chi connectivity index (χ2n) is 5.65. The molecule has 0 spiro atoms. The average molecular weight is 284 g/mol. The number of benzene rings is 1. The Morgan fingerprint density at radius 3 is 1.71 bits per heavy atom. The van der Waals surface area contributed by atoms with E-state index in [0.29, 0.717) is 0 Å². The molecule has 106 valence electrons. The third-order valence-electron chi connectivity index (χ3n) is 4.43. The van der Waals surface area contributed by atoms with Crippen LogP contribution in [-0.4, -0.2) is 28.9 Å². The molecule has 0 heterocycles. The molecule has 1 aromatic carbocycles. The van der Waals surface area contributed by atoms with E-state index in [9.17, 15) is 24.0 Å². The van der Waals surface area contributed by atoms with Crippen LogP contribution in [0.2, 0.25) is 0 Å². The highest BCUT2D eigenvalue weighted by molar-refractivity contribution is 6.34. The van der Waals surface area contributed by atoms with Gasteiger partial charge in [0.25, 0.3) is 0 Å². The first-order valence-electron chi connectivity index (χ1n) is 6.63. The molecule has 0 aliphatic heterocycles. The van der Waals surface area contributed by atoms with Crippen molar-refractivity contribution >= 4 is 28.9 Å². The van der Waals surface area contributed by atoms with Gasteiger partial charge in [-0.3, -0.25) is 24.0 Å². The van der Waals surface area contributed by atoms with Crippen LogP contribution in [0.25, 0.3) is 0 Å². The van der Waals surface area contributed by atoms with Gasteiger partial charge in [0.1, 0.15) is 17.1 Å². The Bertz CT molecular complexity index is 673. The summed E-state index contributed by atoms with van der Waals surface area (Å²) in [5.41, 5.74) is -1.24. The maximum Gasteiger partial charge on any atom is 0.175 e. The summed E-state index contributed by atoms with van der Waals surface area (Å²) in [6, 6.07) is 6.29. The molecule has 1 saturated carbocycles. The molecule has 1 aromatic rings. The van der Waals surface area contributed by atoms with Crippen LogP contribution in [0.4, 0.5) is 0 Å². The molecule has 0 saturated heterocycles. The zero-order chi connectivity index (χ0) is 15.4. The molecule has 0 amide bonds. The summed E-state index contributed by atoms with van der Waals surface area (Å²) in [6.45, 7) is 1.32. The third-order valence-corrected chi connectivity index (χ3v) is 4.43. The van der Waals surface area contributed by atoms with Crippen molar-refractivity contribution in [1.29, 1.82) is 0 Å². The SMILES string of the molecule is CC1(C2C(=O)c3ccccc3C2=O)C(=O)CC(=O)CC1=O. The molecule has 0 aromatic heterocycles. The molecule has 0 unspecified atom stereocenters. The van der Waals surface area contributed by atoms with Gasteiger partial charge in [0.05, 0.1) is 12.8 Å². The molecule has 0 N–H and O–H groups in total. The molecule has 5 nitrogen and oxygen atoms in total. The Hall–Kier alpha value is -2.43. The van der Waals surface area contributed by atoms with Gasteiger partial charge >= 0.3 is 0 Å². The van der Waals surface area contributed by atoms with E-state index in [1.807, 2.05) is 0 Å². The van der Waals surface area contributed by atoms with Crippen LogP contribution >= 0.6 is 0 Å². The van der Waals surface area contributed by atoms with Gasteiger partial charge in [-0.1, -0.05) is 24.3 Å². The van der Waals surface area contributed by atoms with Crippen molar-refractivity contribution in [2.45, 2.75) is 19.8 Å². The Kier molecular flexibility index (Phi) is 2.76. The number of hydrogen-bond acceptors (Lipinski definition) is 5. The van der Waals surface area contributed by atoms with Crippen molar-refractivity contribution in [2.75, 3.05) is 0 Å². The van der Waals surface area contributed by atoms with Gasteiger partial charge in [0.2, 0.25) is 0 Å². The van der Waals surface area contributed by atoms with Crippen LogP contribution in [0.5, 0.6) is 0 Å². The summed E-state index contributed by atoms with van der Waals surface area (Å²) < 4.78 is 0. The highest BCUT2D eigenvalue weighted by Crippen LogP contribution is 2.43. The molecular weight excluding hydrogens is 272 g/mol. The van der Waals surface area contributed by atoms with Crippen LogP contribution in [0.15, 0.2) is 24.3 Å². The molecule has 2 aliphatic carbocycles. The Morgan fingerprint density at radius 1 is 0.857 bits per heavy atom. The summed E-state index contributed by atoms with van der Waals surface area (Å²) in [4.78, 5) is 60.7. The van der Waals surface area contributed by atoms with Gasteiger partial charge in [-0.15, -0.1) is 0 Å². The zero-order valence-corrected chi connectivity index (χ0v) is 11.3. The topological polar surface area (TPSA) is 85.3 Å². The predicted molar refractivity (Wildman–Crippen MR) is 71.0 cm³/mol. The molecule has 3 rings (SSSR count). The number of fused-ring (bicyclic) bond motifs is 1. The van der Waals surface area contributed by atoms with E-state index in [-0.39, 0.29) is 11.1 Å². The molecule has 2 aliphatic rings. The lowest BCUT2D eigenvalue weighted by molar-refractivity contribution is -0.148. The van der Waals surface area contributed by atoms with Crippen LogP contribution in [0.1, 0.15) is 40.5 Å². The highest BCUT2D eigenvalue weighted by atomic mass is 16.2. The minimum absolute atomic E-state index is 0.242. The number of Topliss-reactive ketones (excluding diaryl/α,β-unsaturated/α-hetero) is 5. The predicted octanol–water partition coefficient (Wildman–Crippen LogP) is 1.19. The average Bonchev–Trinajstić information content (AvgIpc) is 2.69. The van der Waals surface area contributed by atoms with Gasteiger partial charge in [0.15, 0.2) is 23.1 Å². The fourth-order valence-electron chi connectivity index (χ4n) is 3.13. The van der Waals surface area contributed by atoms with E-state index >= 15 is 0 Å². The van der Waals surface area contributed by atoms with Crippen molar-refractivity contribution < 1.29 is 24.0 Å². The third kappa shape index (κ3) is 1.67. The minimum atomic E-state index is -1.72. The van der Waals surface area contributed by atoms with E-state index in [2.05, 4.69) is 0 Å². The zero-order valence-electron chi connectivity index (χ0n) is 11.3. The van der Waals surface area contributed by atoms with Crippen LogP contribution in [0.3, 0.4) is 0 Å². The molecule has 5 heteroatoms. The van der Waals surface area contributed by atoms with Crippen molar-refractivity contribution in [3.05, 3.63) is 35.4 Å². The summed E-state index contributed by atoms with van der Waals surface area (Å²) >= 11 is 0. The van der Waals surface area contributed by atoms with Gasteiger partial charge < -0.3 is 0 Å². The first-order chi connectivity index (χ1) is 9.87. The van der Waals surface area contributed by atoms with Crippen molar-refractivity contribution in [3.8, 4) is 0 Å². The lowest BCUT2D eigenvalue weighted by atomic mass is 9.63. The van der Waals surface area contributed by atoms with Crippen LogP contribution in [-0.2, 0) is 14.4 Å². The highest BCUT2D eigenvalue weighted by Gasteiger charge is 2.58. The number of carbonyl (C=O) groups excluding carboxylic acids is 5. The van der Waals surface area contributed by atoms with Crippen molar-refractivity contribution in [3.63, 3.8) is 0 Å². The number of rotatable bonds is 1. The molecule has 21 heavy (non-hydrogen) atoms. The van der Waals surface area contributed by atoms with E-state index in [1.54, 1.807) is 12.1 Å². The van der Waals surface area contributed by atoms with Crippen molar-refractivity contribution in [1.82, 2.24) is 0 Å². The maximum absolute atomic E-state index is 12.5. The molecular formula is C16H12O5. The Balaban J connectivity index is 2.12. The number of hydrogen-bond donors (Lipinski definition) is 0. The summed E-state index contributed by atoms with van der Waals surface area (Å²) in [6.07, 6.45) is -0.786. The fraction of sp³-hybridized carbons (Fsp3) is 0.312. The largest absolute Gasteiger partial charge is 0.299 e. The second-order valence-corrected chi connectivity index (χ2v) is 5.65. The smallest absolute Gasteiger partial charge is 0.175 e. The summed E-state index contributed by atoms with van der Waals surface area (Å²) in [7, 11) is 0. The van der Waals surface area contributed by atoms with Crippen molar-refractivity contribution in [2.24, 2.45) is 11.3 Å². The van der Waals surface area contributed by atoms with Gasteiger partial charge in [0, 0.05) is 11.1 Å². The Morgan fingerprint density at radius 2 is 1.29 bits per heavy atom. The standard InChI is InChI=1S/C16H12O5/c1-16(11(18)6-8(17)7-12(16)19)13-14(20)9-4-2-3-5-10(9)15(13)21/h2-5,13H,6-7H2,1H3. The van der Waals surface area contributed by atoms with Gasteiger partial charge in [-0.2, -0.15) is 0 Å². The van der Waals surface area contributed by atoms with E-state index in [1.165, 1.54) is 19.1 Å². The first kappa shape index (κ1) is 13.5. The summed E-state index contributed by atoms with van der Waals surface area (Å²) in [5, 5.41) is 0. The van der Waals surface area contributed by atoms with Crippen LogP contribution < -0.4 is 0 Å². The van der Waals surface area contributed by atoms with Gasteiger partial charge in [-0.05, 0) is 6.92 Å². The summed E-state index contributed by atoms with van der Waals surface area (Å²) in [5.74, 6) is -4.07. The second kappa shape index (κ2) is 4.28. The molecule has 0 bridgehead atoms. The van der Waals surface area contributed by atoms with E-state index in [0.717, 1.165) is 0 Å². The van der Waals surface area contributed by atoms with E-state index < -0.39 is 53.1 Å². The quantitative estimate of drug-likeness (QED) is 0.723. The Labute approximate surface area is 120 Å². The monoisotopic (exact) mass is 284 g/mol. The molecule has 0 atom stereocenters. The number of carbonyl (C=O) groups is 5. The first-order valence-corrected chi connectivity index (χ1v) is 6.63. The van der Waals surface area contributed by atoms with Crippen LogP contribution in [0, 0.1) is 11.3 Å². The fourth-order valence-corrected chi connectivity index (χ4v) is 3.13. The molecule has 1 fully saturated rings. The lowest BCUT2D eigenvalue weighted by Crippen LogP contribution is -2.51.